The summed E-state index contributed by atoms with van der Waals surface area (Å²) in [6.07, 6.45) is 2.35. The van der Waals surface area contributed by atoms with Gasteiger partial charge in [0.15, 0.2) is 0 Å². The summed E-state index contributed by atoms with van der Waals surface area (Å²) in [7, 11) is 1.56. The van der Waals surface area contributed by atoms with Crippen molar-refractivity contribution in [2.45, 2.75) is 38.6 Å². The van der Waals surface area contributed by atoms with E-state index in [-0.39, 0.29) is 12.0 Å². The number of carbonyl (C=O) groups excluding carboxylic acids is 1. The second-order valence-corrected chi connectivity index (χ2v) is 4.85. The standard InChI is InChI=1S/C14H20N2O4/c1-4-14(5-2,9-11(17)18)15-12(19)10-7-6-8-16(3)13(10)20/h6-8H,4-5,9H2,1-3H3,(H,15,19)(H,17,18). The van der Waals surface area contributed by atoms with E-state index in [1.165, 1.54) is 10.6 Å². The molecule has 110 valence electrons. The van der Waals surface area contributed by atoms with Gasteiger partial charge in [0.2, 0.25) is 0 Å². The van der Waals surface area contributed by atoms with E-state index >= 15 is 0 Å². The van der Waals surface area contributed by atoms with Gasteiger partial charge in [0.05, 0.1) is 12.0 Å². The van der Waals surface area contributed by atoms with Crippen molar-refractivity contribution >= 4 is 11.9 Å². The van der Waals surface area contributed by atoms with E-state index in [1.54, 1.807) is 19.3 Å². The molecule has 2 N–H and O–H groups in total. The molecule has 1 amide bonds. The SMILES string of the molecule is CCC(CC)(CC(=O)O)NC(=O)c1cccn(C)c1=O. The number of aromatic nitrogens is 1. The van der Waals surface area contributed by atoms with Crippen LogP contribution in [0.1, 0.15) is 43.5 Å². The summed E-state index contributed by atoms with van der Waals surface area (Å²) in [5.41, 5.74) is -1.21. The molecule has 0 unspecified atom stereocenters. The first-order valence-corrected chi connectivity index (χ1v) is 6.55. The summed E-state index contributed by atoms with van der Waals surface area (Å²) in [6.45, 7) is 3.63. The van der Waals surface area contributed by atoms with Crippen molar-refractivity contribution < 1.29 is 14.7 Å². The topological polar surface area (TPSA) is 88.4 Å². The Labute approximate surface area is 117 Å². The second kappa shape index (κ2) is 6.36. The van der Waals surface area contributed by atoms with Gasteiger partial charge in [-0.1, -0.05) is 13.8 Å². The number of aliphatic carboxylic acids is 1. The average molecular weight is 280 g/mol. The average Bonchev–Trinajstić information content (AvgIpc) is 2.40. The maximum atomic E-state index is 12.2. The molecule has 0 aliphatic heterocycles. The number of carboxylic acid groups (broad SMARTS) is 1. The smallest absolute Gasteiger partial charge is 0.305 e. The van der Waals surface area contributed by atoms with Crippen LogP contribution in [0.25, 0.3) is 0 Å². The third-order valence-electron chi connectivity index (χ3n) is 3.59. The Morgan fingerprint density at radius 1 is 1.35 bits per heavy atom. The lowest BCUT2D eigenvalue weighted by Crippen LogP contribution is -2.50. The molecule has 0 saturated carbocycles. The molecule has 0 bridgehead atoms. The number of pyridine rings is 1. The van der Waals surface area contributed by atoms with E-state index in [0.717, 1.165) is 0 Å². The molecular weight excluding hydrogens is 260 g/mol. The van der Waals surface area contributed by atoms with Crippen molar-refractivity contribution in [3.8, 4) is 0 Å². The number of aryl methyl sites for hydroxylation is 1. The molecule has 0 aliphatic rings. The number of carboxylic acids is 1. The first-order chi connectivity index (χ1) is 9.35. The number of hydrogen-bond acceptors (Lipinski definition) is 3. The normalized spacial score (nSPS) is 11.2. The lowest BCUT2D eigenvalue weighted by Gasteiger charge is -2.31. The molecule has 1 rings (SSSR count). The molecule has 1 aromatic heterocycles. The van der Waals surface area contributed by atoms with E-state index < -0.39 is 23.0 Å². The zero-order valence-corrected chi connectivity index (χ0v) is 12.0. The van der Waals surface area contributed by atoms with Crippen molar-refractivity contribution in [3.05, 3.63) is 34.2 Å². The molecule has 0 aliphatic carbocycles. The minimum Gasteiger partial charge on any atom is -0.481 e. The zero-order valence-electron chi connectivity index (χ0n) is 12.0. The van der Waals surface area contributed by atoms with Crippen LogP contribution in [0, 0.1) is 0 Å². The van der Waals surface area contributed by atoms with Crippen LogP contribution < -0.4 is 10.9 Å². The molecule has 0 saturated heterocycles. The number of nitrogens with zero attached hydrogens (tertiary/aromatic N) is 1. The maximum Gasteiger partial charge on any atom is 0.305 e. The summed E-state index contributed by atoms with van der Waals surface area (Å²) in [5, 5.41) is 11.7. The number of carbonyl (C=O) groups is 2. The molecular formula is C14H20N2O4. The summed E-state index contributed by atoms with van der Waals surface area (Å²) in [5.74, 6) is -1.51. The Kier molecular flexibility index (Phi) is 5.07. The highest BCUT2D eigenvalue weighted by Gasteiger charge is 2.31. The van der Waals surface area contributed by atoms with Gasteiger partial charge in [-0.2, -0.15) is 0 Å². The van der Waals surface area contributed by atoms with E-state index in [1.807, 2.05) is 13.8 Å². The fraction of sp³-hybridized carbons (Fsp3) is 0.500. The Bertz CT molecular complexity index is 559. The second-order valence-electron chi connectivity index (χ2n) is 4.85. The van der Waals surface area contributed by atoms with Crippen LogP contribution in [0.2, 0.25) is 0 Å². The van der Waals surface area contributed by atoms with Gasteiger partial charge in [-0.05, 0) is 25.0 Å². The largest absolute Gasteiger partial charge is 0.481 e. The van der Waals surface area contributed by atoms with Crippen molar-refractivity contribution in [2.24, 2.45) is 7.05 Å². The fourth-order valence-corrected chi connectivity index (χ4v) is 2.09. The highest BCUT2D eigenvalue weighted by atomic mass is 16.4. The molecule has 6 nitrogen and oxygen atoms in total. The molecule has 1 aromatic rings. The van der Waals surface area contributed by atoms with Crippen LogP contribution in [-0.2, 0) is 11.8 Å². The summed E-state index contributed by atoms with van der Waals surface area (Å²) < 4.78 is 1.31. The van der Waals surface area contributed by atoms with Gasteiger partial charge in [0.1, 0.15) is 5.56 Å². The lowest BCUT2D eigenvalue weighted by molar-refractivity contribution is -0.138. The van der Waals surface area contributed by atoms with Crippen molar-refractivity contribution in [1.29, 1.82) is 0 Å². The van der Waals surface area contributed by atoms with Gasteiger partial charge >= 0.3 is 5.97 Å². The molecule has 1 heterocycles. The monoisotopic (exact) mass is 280 g/mol. The van der Waals surface area contributed by atoms with Crippen molar-refractivity contribution in [1.82, 2.24) is 9.88 Å². The van der Waals surface area contributed by atoms with Crippen molar-refractivity contribution in [2.75, 3.05) is 0 Å². The Hall–Kier alpha value is -2.11. The Morgan fingerprint density at radius 2 is 1.95 bits per heavy atom. The maximum absolute atomic E-state index is 12.2. The minimum atomic E-state index is -0.977. The lowest BCUT2D eigenvalue weighted by atomic mass is 9.88. The molecule has 20 heavy (non-hydrogen) atoms. The highest BCUT2D eigenvalue weighted by molar-refractivity contribution is 5.94. The number of nitrogens with one attached hydrogen (secondary N) is 1. The highest BCUT2D eigenvalue weighted by Crippen LogP contribution is 2.20. The van der Waals surface area contributed by atoms with Crippen LogP contribution in [0.5, 0.6) is 0 Å². The summed E-state index contributed by atoms with van der Waals surface area (Å²) in [4.78, 5) is 35.1. The fourth-order valence-electron chi connectivity index (χ4n) is 2.09. The molecule has 0 atom stereocenters. The van der Waals surface area contributed by atoms with Gasteiger partial charge in [0.25, 0.3) is 11.5 Å². The predicted octanol–water partition coefficient (Wildman–Crippen LogP) is 1.15. The third kappa shape index (κ3) is 3.46. The van der Waals surface area contributed by atoms with Crippen LogP contribution in [0.3, 0.4) is 0 Å². The number of hydrogen-bond donors (Lipinski definition) is 2. The summed E-state index contributed by atoms with van der Waals surface area (Å²) in [6, 6.07) is 3.04. The van der Waals surface area contributed by atoms with Gasteiger partial charge in [-0.3, -0.25) is 14.4 Å². The van der Waals surface area contributed by atoms with Crippen LogP contribution >= 0.6 is 0 Å². The third-order valence-corrected chi connectivity index (χ3v) is 3.59. The minimum absolute atomic E-state index is 0.0201. The van der Waals surface area contributed by atoms with Crippen LogP contribution in [-0.4, -0.2) is 27.1 Å². The number of amides is 1. The molecule has 0 fully saturated rings. The quantitative estimate of drug-likeness (QED) is 0.818. The van der Waals surface area contributed by atoms with Crippen molar-refractivity contribution in [3.63, 3.8) is 0 Å². The van der Waals surface area contributed by atoms with E-state index in [2.05, 4.69) is 5.32 Å². The summed E-state index contributed by atoms with van der Waals surface area (Å²) >= 11 is 0. The number of rotatable bonds is 6. The molecule has 0 spiro atoms. The Morgan fingerprint density at radius 3 is 2.45 bits per heavy atom. The molecule has 0 radical (unpaired) electrons. The van der Waals surface area contributed by atoms with E-state index in [9.17, 15) is 14.4 Å². The van der Waals surface area contributed by atoms with E-state index in [0.29, 0.717) is 12.8 Å². The van der Waals surface area contributed by atoms with Gasteiger partial charge in [-0.25, -0.2) is 0 Å². The first kappa shape index (κ1) is 15.9. The van der Waals surface area contributed by atoms with Gasteiger partial charge < -0.3 is 15.0 Å². The molecule has 6 heteroatoms. The predicted molar refractivity (Wildman–Crippen MR) is 74.7 cm³/mol. The first-order valence-electron chi connectivity index (χ1n) is 6.55. The van der Waals surface area contributed by atoms with E-state index in [4.69, 9.17) is 5.11 Å². The van der Waals surface area contributed by atoms with Gasteiger partial charge in [-0.15, -0.1) is 0 Å². The van der Waals surface area contributed by atoms with Crippen LogP contribution in [0.15, 0.2) is 23.1 Å². The van der Waals surface area contributed by atoms with Crippen LogP contribution in [0.4, 0.5) is 0 Å². The van der Waals surface area contributed by atoms with Gasteiger partial charge in [0, 0.05) is 13.2 Å². The molecule has 0 aromatic carbocycles. The zero-order chi connectivity index (χ0) is 15.3. The Balaban J connectivity index is 3.05.